The van der Waals surface area contributed by atoms with Crippen LogP contribution in [-0.2, 0) is 5.41 Å². The van der Waals surface area contributed by atoms with Crippen LogP contribution in [0.2, 0.25) is 5.02 Å². The summed E-state index contributed by atoms with van der Waals surface area (Å²) in [5.74, 6) is 0. The summed E-state index contributed by atoms with van der Waals surface area (Å²) in [6.07, 6.45) is 0. The van der Waals surface area contributed by atoms with Crippen LogP contribution in [0, 0.1) is 6.92 Å². The van der Waals surface area contributed by atoms with Gasteiger partial charge >= 0.3 is 0 Å². The van der Waals surface area contributed by atoms with Crippen molar-refractivity contribution in [2.24, 2.45) is 0 Å². The van der Waals surface area contributed by atoms with Gasteiger partial charge in [0.15, 0.2) is 0 Å². The summed E-state index contributed by atoms with van der Waals surface area (Å²) < 4.78 is 0. The fourth-order valence-electron chi connectivity index (χ4n) is 1.99. The van der Waals surface area contributed by atoms with Gasteiger partial charge in [0.05, 0.1) is 0 Å². The zero-order chi connectivity index (χ0) is 13.3. The molecule has 0 atom stereocenters. The Hall–Kier alpha value is -1.27. The van der Waals surface area contributed by atoms with E-state index >= 15 is 0 Å². The Morgan fingerprint density at radius 2 is 1.39 bits per heavy atom. The van der Waals surface area contributed by atoms with Gasteiger partial charge in [-0.05, 0) is 46.7 Å². The van der Waals surface area contributed by atoms with Crippen molar-refractivity contribution < 1.29 is 0 Å². The molecule has 0 saturated heterocycles. The molecule has 0 fully saturated rings. The molecule has 0 aromatic heterocycles. The summed E-state index contributed by atoms with van der Waals surface area (Å²) in [4.78, 5) is 0. The van der Waals surface area contributed by atoms with Crippen molar-refractivity contribution in [2.45, 2.75) is 33.1 Å². The molecule has 1 heteroatoms. The zero-order valence-corrected chi connectivity index (χ0v) is 12.2. The highest BCUT2D eigenvalue weighted by Crippen LogP contribution is 2.28. The molecule has 2 aromatic rings. The summed E-state index contributed by atoms with van der Waals surface area (Å²) in [6.45, 7) is 8.73. The van der Waals surface area contributed by atoms with E-state index in [9.17, 15) is 0 Å². The van der Waals surface area contributed by atoms with Gasteiger partial charge in [0.1, 0.15) is 0 Å². The molecule has 0 saturated carbocycles. The van der Waals surface area contributed by atoms with Crippen molar-refractivity contribution in [2.75, 3.05) is 0 Å². The lowest BCUT2D eigenvalue weighted by molar-refractivity contribution is 0.590. The Bertz CT molecular complexity index is 545. The molecule has 0 amide bonds. The predicted octanol–water partition coefficient (Wildman–Crippen LogP) is 5.61. The van der Waals surface area contributed by atoms with Crippen molar-refractivity contribution in [3.63, 3.8) is 0 Å². The molecule has 0 aliphatic rings. The van der Waals surface area contributed by atoms with Crippen molar-refractivity contribution in [1.82, 2.24) is 0 Å². The van der Waals surface area contributed by atoms with E-state index < -0.39 is 0 Å². The topological polar surface area (TPSA) is 0 Å². The lowest BCUT2D eigenvalue weighted by atomic mass is 9.86. The minimum absolute atomic E-state index is 0.203. The standard InChI is InChI=1S/C17H19Cl/c1-12-11-14(7-10-16(12)18)13-5-8-15(9-6-13)17(2,3)4/h5-11H,1-4H3. The molecule has 0 aliphatic carbocycles. The fourth-order valence-corrected chi connectivity index (χ4v) is 2.10. The average Bonchev–Trinajstić information content (AvgIpc) is 2.32. The third-order valence-electron chi connectivity index (χ3n) is 3.24. The van der Waals surface area contributed by atoms with Crippen LogP contribution in [-0.4, -0.2) is 0 Å². The van der Waals surface area contributed by atoms with Gasteiger partial charge in [0, 0.05) is 5.02 Å². The second-order valence-electron chi connectivity index (χ2n) is 5.79. The van der Waals surface area contributed by atoms with Crippen LogP contribution >= 0.6 is 11.6 Å². The Balaban J connectivity index is 2.37. The van der Waals surface area contributed by atoms with Gasteiger partial charge in [-0.25, -0.2) is 0 Å². The van der Waals surface area contributed by atoms with Crippen LogP contribution in [0.5, 0.6) is 0 Å². The minimum Gasteiger partial charge on any atom is -0.0841 e. The summed E-state index contributed by atoms with van der Waals surface area (Å²) >= 11 is 6.05. The van der Waals surface area contributed by atoms with Crippen molar-refractivity contribution in [1.29, 1.82) is 0 Å². The highest BCUT2D eigenvalue weighted by molar-refractivity contribution is 6.31. The highest BCUT2D eigenvalue weighted by Gasteiger charge is 2.13. The lowest BCUT2D eigenvalue weighted by Crippen LogP contribution is -2.10. The summed E-state index contributed by atoms with van der Waals surface area (Å²) in [7, 11) is 0. The Kier molecular flexibility index (Phi) is 3.49. The normalized spacial score (nSPS) is 11.6. The Morgan fingerprint density at radius 3 is 1.89 bits per heavy atom. The molecule has 0 nitrogen and oxygen atoms in total. The first-order valence-corrected chi connectivity index (χ1v) is 6.63. The maximum absolute atomic E-state index is 6.05. The Morgan fingerprint density at radius 1 is 0.833 bits per heavy atom. The van der Waals surface area contributed by atoms with Crippen LogP contribution in [0.4, 0.5) is 0 Å². The van der Waals surface area contributed by atoms with E-state index in [0.29, 0.717) is 0 Å². The maximum Gasteiger partial charge on any atom is 0.0435 e. The van der Waals surface area contributed by atoms with Gasteiger partial charge in [-0.3, -0.25) is 0 Å². The third kappa shape index (κ3) is 2.76. The molecule has 0 unspecified atom stereocenters. The summed E-state index contributed by atoms with van der Waals surface area (Å²) in [5.41, 5.74) is 5.14. The zero-order valence-electron chi connectivity index (χ0n) is 11.4. The molecule has 0 radical (unpaired) electrons. The van der Waals surface area contributed by atoms with Crippen molar-refractivity contribution >= 4 is 11.6 Å². The smallest absolute Gasteiger partial charge is 0.0435 e. The van der Waals surface area contributed by atoms with Gasteiger partial charge in [-0.2, -0.15) is 0 Å². The van der Waals surface area contributed by atoms with E-state index in [-0.39, 0.29) is 5.41 Å². The first kappa shape index (κ1) is 13.2. The molecule has 94 valence electrons. The molecular formula is C17H19Cl. The molecule has 0 spiro atoms. The van der Waals surface area contributed by atoms with E-state index in [4.69, 9.17) is 11.6 Å². The van der Waals surface area contributed by atoms with Gasteiger partial charge in [0.2, 0.25) is 0 Å². The SMILES string of the molecule is Cc1cc(-c2ccc(C(C)(C)C)cc2)ccc1Cl. The summed E-state index contributed by atoms with van der Waals surface area (Å²) in [5, 5.41) is 0.824. The summed E-state index contributed by atoms with van der Waals surface area (Å²) in [6, 6.07) is 14.9. The number of halogens is 1. The average molecular weight is 259 g/mol. The molecule has 18 heavy (non-hydrogen) atoms. The van der Waals surface area contributed by atoms with Gasteiger partial charge in [-0.1, -0.05) is 62.7 Å². The third-order valence-corrected chi connectivity index (χ3v) is 3.67. The first-order valence-electron chi connectivity index (χ1n) is 6.25. The first-order chi connectivity index (χ1) is 8.38. The number of hydrogen-bond acceptors (Lipinski definition) is 0. The van der Waals surface area contributed by atoms with Crippen LogP contribution in [0.15, 0.2) is 42.5 Å². The monoisotopic (exact) mass is 258 g/mol. The van der Waals surface area contributed by atoms with Gasteiger partial charge in [-0.15, -0.1) is 0 Å². The van der Waals surface area contributed by atoms with Crippen molar-refractivity contribution in [3.8, 4) is 11.1 Å². The molecule has 0 heterocycles. The molecule has 0 aliphatic heterocycles. The van der Waals surface area contributed by atoms with Crippen molar-refractivity contribution in [3.05, 3.63) is 58.6 Å². The second-order valence-corrected chi connectivity index (χ2v) is 6.20. The van der Waals surface area contributed by atoms with Crippen LogP contribution in [0.25, 0.3) is 11.1 Å². The molecule has 2 aromatic carbocycles. The predicted molar refractivity (Wildman–Crippen MR) is 80.3 cm³/mol. The molecule has 0 bridgehead atoms. The Labute approximate surface area is 115 Å². The quantitative estimate of drug-likeness (QED) is 0.623. The number of rotatable bonds is 1. The van der Waals surface area contributed by atoms with Crippen LogP contribution < -0.4 is 0 Å². The molecular weight excluding hydrogens is 240 g/mol. The maximum atomic E-state index is 6.05. The van der Waals surface area contributed by atoms with E-state index in [1.807, 2.05) is 13.0 Å². The fraction of sp³-hybridized carbons (Fsp3) is 0.294. The minimum atomic E-state index is 0.203. The van der Waals surface area contributed by atoms with E-state index in [1.54, 1.807) is 0 Å². The van der Waals surface area contributed by atoms with E-state index in [2.05, 4.69) is 57.2 Å². The number of benzene rings is 2. The van der Waals surface area contributed by atoms with Gasteiger partial charge < -0.3 is 0 Å². The molecule has 2 rings (SSSR count). The van der Waals surface area contributed by atoms with Crippen LogP contribution in [0.1, 0.15) is 31.9 Å². The van der Waals surface area contributed by atoms with E-state index in [1.165, 1.54) is 16.7 Å². The number of aryl methyl sites for hydroxylation is 1. The molecule has 0 N–H and O–H groups in total. The number of hydrogen-bond donors (Lipinski definition) is 0. The lowest BCUT2D eigenvalue weighted by Gasteiger charge is -2.19. The van der Waals surface area contributed by atoms with E-state index in [0.717, 1.165) is 10.6 Å². The van der Waals surface area contributed by atoms with Crippen LogP contribution in [0.3, 0.4) is 0 Å². The largest absolute Gasteiger partial charge is 0.0841 e. The van der Waals surface area contributed by atoms with Gasteiger partial charge in [0.25, 0.3) is 0 Å². The second kappa shape index (κ2) is 4.78. The highest BCUT2D eigenvalue weighted by atomic mass is 35.5.